The van der Waals surface area contributed by atoms with Gasteiger partial charge < -0.3 is 15.3 Å². The molecule has 2 rings (SSSR count). The minimum atomic E-state index is -0.580. The number of aliphatic hydroxyl groups excluding tert-OH is 1. The Labute approximate surface area is 130 Å². The Morgan fingerprint density at radius 1 is 1.23 bits per heavy atom. The predicted octanol–water partition coefficient (Wildman–Crippen LogP) is 2.00. The van der Waals surface area contributed by atoms with Crippen LogP contribution in [0.4, 0.5) is 5.82 Å². The molecule has 116 valence electrons. The maximum Gasteiger partial charge on any atom is 0.255 e. The van der Waals surface area contributed by atoms with Crippen molar-refractivity contribution in [2.45, 2.75) is 12.5 Å². The Morgan fingerprint density at radius 3 is 2.64 bits per heavy atom. The van der Waals surface area contributed by atoms with Gasteiger partial charge in [0.15, 0.2) is 0 Å². The molecule has 2 N–H and O–H groups in total. The summed E-state index contributed by atoms with van der Waals surface area (Å²) in [4.78, 5) is 18.2. The molecule has 5 nitrogen and oxygen atoms in total. The highest BCUT2D eigenvalue weighted by Gasteiger charge is 2.14. The number of nitrogens with zero attached hydrogens (tertiary/aromatic N) is 2. The first kappa shape index (κ1) is 16.0. The number of anilines is 1. The van der Waals surface area contributed by atoms with Gasteiger partial charge in [0, 0.05) is 26.8 Å². The van der Waals surface area contributed by atoms with Crippen molar-refractivity contribution in [1.82, 2.24) is 10.3 Å². The van der Waals surface area contributed by atoms with E-state index < -0.39 is 6.10 Å². The molecule has 0 bridgehead atoms. The van der Waals surface area contributed by atoms with Crippen molar-refractivity contribution in [1.29, 1.82) is 0 Å². The highest BCUT2D eigenvalue weighted by molar-refractivity contribution is 5.98. The maximum atomic E-state index is 12.2. The molecule has 1 amide bonds. The van der Waals surface area contributed by atoms with E-state index in [1.54, 1.807) is 23.2 Å². The van der Waals surface area contributed by atoms with Gasteiger partial charge in [0.1, 0.15) is 5.82 Å². The summed E-state index contributed by atoms with van der Waals surface area (Å²) in [7, 11) is 3.69. The second kappa shape index (κ2) is 7.56. The number of carbonyl (C=O) groups excluding carboxylic acids is 1. The van der Waals surface area contributed by atoms with Gasteiger partial charge in [-0.2, -0.15) is 0 Å². The molecule has 0 aliphatic heterocycles. The monoisotopic (exact) mass is 299 g/mol. The zero-order valence-corrected chi connectivity index (χ0v) is 12.9. The van der Waals surface area contributed by atoms with E-state index >= 15 is 0 Å². The quantitative estimate of drug-likeness (QED) is 0.856. The lowest BCUT2D eigenvalue weighted by molar-refractivity contribution is 0.0943. The van der Waals surface area contributed by atoms with E-state index in [1.807, 2.05) is 44.4 Å². The molecule has 22 heavy (non-hydrogen) atoms. The van der Waals surface area contributed by atoms with Crippen LogP contribution in [0.3, 0.4) is 0 Å². The van der Waals surface area contributed by atoms with Crippen LogP contribution in [-0.4, -0.2) is 36.6 Å². The van der Waals surface area contributed by atoms with Crippen LogP contribution in [0.25, 0.3) is 0 Å². The van der Waals surface area contributed by atoms with E-state index in [2.05, 4.69) is 10.3 Å². The number of hydrogen-bond donors (Lipinski definition) is 2. The second-order valence-electron chi connectivity index (χ2n) is 5.24. The number of nitrogens with one attached hydrogen (secondary N) is 1. The molecule has 0 aliphatic rings. The standard InChI is InChI=1S/C17H21N3O2/c1-20(2)16-14(9-6-11-18-16)17(22)19-12-10-15(21)13-7-4-3-5-8-13/h3-9,11,15,21H,10,12H2,1-2H3,(H,19,22). The molecule has 1 aromatic carbocycles. The van der Waals surface area contributed by atoms with Crippen LogP contribution < -0.4 is 10.2 Å². The zero-order valence-electron chi connectivity index (χ0n) is 12.9. The lowest BCUT2D eigenvalue weighted by Gasteiger charge is -2.16. The van der Waals surface area contributed by atoms with Crippen molar-refractivity contribution in [3.8, 4) is 0 Å². The molecule has 1 atom stereocenters. The first-order valence-corrected chi connectivity index (χ1v) is 7.23. The molecule has 1 unspecified atom stereocenters. The lowest BCUT2D eigenvalue weighted by atomic mass is 10.1. The highest BCUT2D eigenvalue weighted by atomic mass is 16.3. The number of hydrogen-bond acceptors (Lipinski definition) is 4. The third-order valence-electron chi connectivity index (χ3n) is 3.34. The number of benzene rings is 1. The van der Waals surface area contributed by atoms with E-state index in [9.17, 15) is 9.90 Å². The Morgan fingerprint density at radius 2 is 1.95 bits per heavy atom. The number of amides is 1. The van der Waals surface area contributed by atoms with Crippen molar-refractivity contribution in [3.05, 3.63) is 59.8 Å². The summed E-state index contributed by atoms with van der Waals surface area (Å²) in [6, 6.07) is 12.9. The highest BCUT2D eigenvalue weighted by Crippen LogP contribution is 2.16. The third-order valence-corrected chi connectivity index (χ3v) is 3.34. The van der Waals surface area contributed by atoms with Crippen LogP contribution in [0.2, 0.25) is 0 Å². The van der Waals surface area contributed by atoms with Gasteiger partial charge in [-0.15, -0.1) is 0 Å². The molecule has 1 aromatic heterocycles. The third kappa shape index (κ3) is 4.05. The first-order chi connectivity index (χ1) is 10.6. The fourth-order valence-electron chi connectivity index (χ4n) is 2.19. The summed E-state index contributed by atoms with van der Waals surface area (Å²) in [5.74, 6) is 0.445. The minimum absolute atomic E-state index is 0.183. The Bertz CT molecular complexity index is 614. The first-order valence-electron chi connectivity index (χ1n) is 7.23. The minimum Gasteiger partial charge on any atom is -0.388 e. The molecule has 2 aromatic rings. The Balaban J connectivity index is 1.91. The smallest absolute Gasteiger partial charge is 0.255 e. The topological polar surface area (TPSA) is 65.5 Å². The molecule has 0 fully saturated rings. The lowest BCUT2D eigenvalue weighted by Crippen LogP contribution is -2.28. The van der Waals surface area contributed by atoms with Crippen LogP contribution in [0, 0.1) is 0 Å². The molecule has 0 radical (unpaired) electrons. The zero-order chi connectivity index (χ0) is 15.9. The van der Waals surface area contributed by atoms with E-state index in [1.165, 1.54) is 0 Å². The van der Waals surface area contributed by atoms with Crippen LogP contribution >= 0.6 is 0 Å². The van der Waals surface area contributed by atoms with Crippen LogP contribution in [0.15, 0.2) is 48.7 Å². The summed E-state index contributed by atoms with van der Waals surface area (Å²) in [6.45, 7) is 0.399. The van der Waals surface area contributed by atoms with Gasteiger partial charge in [-0.05, 0) is 24.1 Å². The van der Waals surface area contributed by atoms with Crippen molar-refractivity contribution in [3.63, 3.8) is 0 Å². The summed E-state index contributed by atoms with van der Waals surface area (Å²) in [6.07, 6.45) is 1.54. The van der Waals surface area contributed by atoms with Crippen molar-refractivity contribution >= 4 is 11.7 Å². The fourth-order valence-corrected chi connectivity index (χ4v) is 2.19. The number of aromatic nitrogens is 1. The Hall–Kier alpha value is -2.40. The maximum absolute atomic E-state index is 12.2. The number of carbonyl (C=O) groups is 1. The number of aliphatic hydroxyl groups is 1. The van der Waals surface area contributed by atoms with Gasteiger partial charge in [0.2, 0.25) is 0 Å². The molecular weight excluding hydrogens is 278 g/mol. The van der Waals surface area contributed by atoms with Crippen LogP contribution in [0.1, 0.15) is 28.4 Å². The van der Waals surface area contributed by atoms with E-state index in [4.69, 9.17) is 0 Å². The Kier molecular flexibility index (Phi) is 5.49. The van der Waals surface area contributed by atoms with Crippen molar-refractivity contribution in [2.75, 3.05) is 25.5 Å². The average Bonchev–Trinajstić information content (AvgIpc) is 2.55. The summed E-state index contributed by atoms with van der Waals surface area (Å²) in [5, 5.41) is 12.9. The molecule has 0 saturated heterocycles. The summed E-state index contributed by atoms with van der Waals surface area (Å²) >= 11 is 0. The summed E-state index contributed by atoms with van der Waals surface area (Å²) in [5.41, 5.74) is 1.38. The average molecular weight is 299 g/mol. The van der Waals surface area contributed by atoms with Gasteiger partial charge >= 0.3 is 0 Å². The van der Waals surface area contributed by atoms with Crippen molar-refractivity contribution in [2.24, 2.45) is 0 Å². The van der Waals surface area contributed by atoms with Gasteiger partial charge in [-0.3, -0.25) is 4.79 Å². The molecule has 0 saturated carbocycles. The number of pyridine rings is 1. The van der Waals surface area contributed by atoms with Gasteiger partial charge in [0.25, 0.3) is 5.91 Å². The van der Waals surface area contributed by atoms with E-state index in [0.29, 0.717) is 24.3 Å². The number of rotatable bonds is 6. The fraction of sp³-hybridized carbons (Fsp3) is 0.294. The molecule has 0 spiro atoms. The van der Waals surface area contributed by atoms with Gasteiger partial charge in [0.05, 0.1) is 11.7 Å². The second-order valence-corrected chi connectivity index (χ2v) is 5.24. The van der Waals surface area contributed by atoms with Gasteiger partial charge in [-0.1, -0.05) is 30.3 Å². The predicted molar refractivity (Wildman–Crippen MR) is 86.9 cm³/mol. The molecule has 0 aliphatic carbocycles. The largest absolute Gasteiger partial charge is 0.388 e. The van der Waals surface area contributed by atoms with Gasteiger partial charge in [-0.25, -0.2) is 4.98 Å². The molecular formula is C17H21N3O2. The SMILES string of the molecule is CN(C)c1ncccc1C(=O)NCCC(O)c1ccccc1. The molecule has 5 heteroatoms. The normalized spacial score (nSPS) is 11.8. The van der Waals surface area contributed by atoms with E-state index in [0.717, 1.165) is 5.56 Å². The van der Waals surface area contributed by atoms with Crippen molar-refractivity contribution < 1.29 is 9.90 Å². The van der Waals surface area contributed by atoms with Crippen LogP contribution in [-0.2, 0) is 0 Å². The van der Waals surface area contributed by atoms with Crippen LogP contribution in [0.5, 0.6) is 0 Å². The summed E-state index contributed by atoms with van der Waals surface area (Å²) < 4.78 is 0. The van der Waals surface area contributed by atoms with E-state index in [-0.39, 0.29) is 5.91 Å². The molecule has 1 heterocycles.